The van der Waals surface area contributed by atoms with Gasteiger partial charge in [0.05, 0.1) is 6.61 Å². The van der Waals surface area contributed by atoms with Crippen molar-refractivity contribution in [1.82, 2.24) is 0 Å². The van der Waals surface area contributed by atoms with Crippen LogP contribution in [0.1, 0.15) is 6.92 Å². The van der Waals surface area contributed by atoms with E-state index in [1.54, 1.807) is 0 Å². The number of carbonyl (C=O) groups excluding carboxylic acids is 1. The highest BCUT2D eigenvalue weighted by Gasteiger charge is 2.52. The summed E-state index contributed by atoms with van der Waals surface area (Å²) in [4.78, 5) is 10.7. The highest BCUT2D eigenvalue weighted by molar-refractivity contribution is 5.82. The molecule has 1 aliphatic rings. The first-order valence-corrected chi connectivity index (χ1v) is 3.22. The summed E-state index contributed by atoms with van der Waals surface area (Å²) in [6.07, 6.45) is -2.35. The quantitative estimate of drug-likeness (QED) is 0.389. The van der Waals surface area contributed by atoms with Crippen LogP contribution in [0.15, 0.2) is 0 Å². The summed E-state index contributed by atoms with van der Waals surface area (Å²) < 4.78 is 4.45. The first kappa shape index (κ1) is 8.45. The Morgan fingerprint density at radius 1 is 1.73 bits per heavy atom. The van der Waals surface area contributed by atoms with Crippen LogP contribution in [0.2, 0.25) is 0 Å². The zero-order valence-corrected chi connectivity index (χ0v) is 6.02. The Labute approximate surface area is 63.2 Å². The Hall–Kier alpha value is -0.650. The van der Waals surface area contributed by atoms with Crippen LogP contribution in [-0.2, 0) is 9.53 Å². The van der Waals surface area contributed by atoms with Gasteiger partial charge in [-0.05, 0) is 6.92 Å². The molecule has 1 saturated heterocycles. The molecule has 5 nitrogen and oxygen atoms in total. The predicted octanol–water partition coefficient (Wildman–Crippen LogP) is -1.98. The molecule has 0 bridgehead atoms. The number of rotatable bonds is 1. The van der Waals surface area contributed by atoms with Crippen molar-refractivity contribution >= 4 is 5.97 Å². The summed E-state index contributed by atoms with van der Waals surface area (Å²) in [6, 6.07) is 0. The first-order chi connectivity index (χ1) is 5.00. The third kappa shape index (κ3) is 1.11. The Kier molecular flexibility index (Phi) is 1.87. The van der Waals surface area contributed by atoms with Crippen LogP contribution in [0.25, 0.3) is 0 Å². The molecule has 1 heterocycles. The van der Waals surface area contributed by atoms with E-state index in [2.05, 4.69) is 4.74 Å². The van der Waals surface area contributed by atoms with Gasteiger partial charge >= 0.3 is 5.97 Å². The van der Waals surface area contributed by atoms with Crippen LogP contribution < -0.4 is 0 Å². The van der Waals surface area contributed by atoms with E-state index in [1.165, 1.54) is 0 Å². The van der Waals surface area contributed by atoms with Gasteiger partial charge < -0.3 is 20.1 Å². The van der Waals surface area contributed by atoms with Crippen LogP contribution in [0.4, 0.5) is 0 Å². The Balaban J connectivity index is 2.80. The van der Waals surface area contributed by atoms with Gasteiger partial charge in [0.2, 0.25) is 0 Å². The molecule has 3 atom stereocenters. The molecular weight excluding hydrogens is 152 g/mol. The van der Waals surface area contributed by atoms with Gasteiger partial charge in [-0.3, -0.25) is 0 Å². The van der Waals surface area contributed by atoms with Gasteiger partial charge in [-0.2, -0.15) is 0 Å². The number of cyclic esters (lactones) is 1. The van der Waals surface area contributed by atoms with E-state index in [0.29, 0.717) is 0 Å². The van der Waals surface area contributed by atoms with Crippen molar-refractivity contribution in [2.24, 2.45) is 0 Å². The second-order valence-electron chi connectivity index (χ2n) is 2.72. The average molecular weight is 162 g/mol. The molecule has 0 radical (unpaired) electrons. The molecule has 0 aromatic heterocycles. The fourth-order valence-electron chi connectivity index (χ4n) is 0.941. The van der Waals surface area contributed by atoms with Gasteiger partial charge in [0.15, 0.2) is 11.7 Å². The van der Waals surface area contributed by atoms with Crippen molar-refractivity contribution in [3.05, 3.63) is 0 Å². The molecule has 1 fully saturated rings. The van der Waals surface area contributed by atoms with E-state index >= 15 is 0 Å². The highest BCUT2D eigenvalue weighted by Crippen LogP contribution is 2.25. The normalized spacial score (nSPS) is 44.2. The van der Waals surface area contributed by atoms with E-state index in [4.69, 9.17) is 10.2 Å². The van der Waals surface area contributed by atoms with Crippen LogP contribution >= 0.6 is 0 Å². The minimum atomic E-state index is -1.88. The molecule has 11 heavy (non-hydrogen) atoms. The maximum atomic E-state index is 10.7. The van der Waals surface area contributed by atoms with E-state index in [-0.39, 0.29) is 0 Å². The monoisotopic (exact) mass is 162 g/mol. The zero-order chi connectivity index (χ0) is 8.65. The second-order valence-corrected chi connectivity index (χ2v) is 2.72. The molecule has 0 aromatic rings. The molecule has 1 unspecified atom stereocenters. The number of hydrogen-bond donors (Lipinski definition) is 3. The third-order valence-electron chi connectivity index (χ3n) is 1.78. The lowest BCUT2D eigenvalue weighted by Gasteiger charge is -2.16. The smallest absolute Gasteiger partial charge is 0.341 e. The second kappa shape index (κ2) is 2.44. The molecule has 5 heteroatoms. The number of aliphatic hydroxyl groups is 3. The summed E-state index contributed by atoms with van der Waals surface area (Å²) in [5.41, 5.74) is -1.88. The summed E-state index contributed by atoms with van der Waals surface area (Å²) in [6.45, 7) is 0.665. The van der Waals surface area contributed by atoms with E-state index in [0.717, 1.165) is 6.92 Å². The Bertz CT molecular complexity index is 176. The minimum Gasteiger partial charge on any atom is -0.455 e. The third-order valence-corrected chi connectivity index (χ3v) is 1.78. The Morgan fingerprint density at radius 2 is 2.27 bits per heavy atom. The Morgan fingerprint density at radius 3 is 2.45 bits per heavy atom. The standard InChI is InChI=1S/C6H10O5/c1-6(10)4(8)3(2-7)11-5(6)9/h3-4,7-8,10H,2H2,1H3/t3-,4?,6-/m1/s1. The van der Waals surface area contributed by atoms with Gasteiger partial charge in [-0.25, -0.2) is 4.79 Å². The summed E-state index contributed by atoms with van der Waals surface area (Å²) >= 11 is 0. The van der Waals surface area contributed by atoms with Crippen LogP contribution in [0.3, 0.4) is 0 Å². The number of hydrogen-bond acceptors (Lipinski definition) is 5. The van der Waals surface area contributed by atoms with Crippen molar-refractivity contribution < 1.29 is 24.9 Å². The molecule has 0 saturated carbocycles. The lowest BCUT2D eigenvalue weighted by molar-refractivity contribution is -0.155. The number of aliphatic hydroxyl groups excluding tert-OH is 2. The lowest BCUT2D eigenvalue weighted by Crippen LogP contribution is -2.43. The lowest BCUT2D eigenvalue weighted by atomic mass is 9.99. The maximum absolute atomic E-state index is 10.7. The molecule has 1 aliphatic heterocycles. The van der Waals surface area contributed by atoms with Gasteiger partial charge in [0.1, 0.15) is 6.10 Å². The van der Waals surface area contributed by atoms with Gasteiger partial charge in [0, 0.05) is 0 Å². The molecule has 0 amide bonds. The van der Waals surface area contributed by atoms with Crippen LogP contribution in [0.5, 0.6) is 0 Å². The summed E-state index contributed by atoms with van der Waals surface area (Å²) in [5, 5.41) is 26.9. The van der Waals surface area contributed by atoms with Crippen molar-refractivity contribution in [1.29, 1.82) is 0 Å². The van der Waals surface area contributed by atoms with E-state index in [9.17, 15) is 9.90 Å². The topological polar surface area (TPSA) is 87.0 Å². The molecular formula is C6H10O5. The fraction of sp³-hybridized carbons (Fsp3) is 0.833. The van der Waals surface area contributed by atoms with Crippen molar-refractivity contribution in [2.45, 2.75) is 24.7 Å². The van der Waals surface area contributed by atoms with Gasteiger partial charge in [-0.15, -0.1) is 0 Å². The minimum absolute atomic E-state index is 0.483. The van der Waals surface area contributed by atoms with Crippen molar-refractivity contribution in [2.75, 3.05) is 6.61 Å². The number of esters is 1. The predicted molar refractivity (Wildman–Crippen MR) is 33.6 cm³/mol. The zero-order valence-electron chi connectivity index (χ0n) is 6.02. The highest BCUT2D eigenvalue weighted by atomic mass is 16.6. The van der Waals surface area contributed by atoms with Gasteiger partial charge in [-0.1, -0.05) is 0 Å². The van der Waals surface area contributed by atoms with Gasteiger partial charge in [0.25, 0.3) is 0 Å². The summed E-state index contributed by atoms with van der Waals surface area (Å²) in [7, 11) is 0. The maximum Gasteiger partial charge on any atom is 0.341 e. The van der Waals surface area contributed by atoms with Crippen LogP contribution in [0, 0.1) is 0 Å². The van der Waals surface area contributed by atoms with E-state index < -0.39 is 30.4 Å². The van der Waals surface area contributed by atoms with E-state index in [1.807, 2.05) is 0 Å². The molecule has 0 aliphatic carbocycles. The molecule has 1 rings (SSSR count). The largest absolute Gasteiger partial charge is 0.455 e. The molecule has 3 N–H and O–H groups in total. The molecule has 64 valence electrons. The number of ether oxygens (including phenoxy) is 1. The SMILES string of the molecule is C[C@]1(O)C(=O)O[C@H](CO)C1O. The molecule has 0 aromatic carbocycles. The van der Waals surface area contributed by atoms with Crippen LogP contribution in [-0.4, -0.2) is 45.7 Å². The molecule has 0 spiro atoms. The fourth-order valence-corrected chi connectivity index (χ4v) is 0.941. The number of carbonyl (C=O) groups is 1. The van der Waals surface area contributed by atoms with Crippen molar-refractivity contribution in [3.63, 3.8) is 0 Å². The first-order valence-electron chi connectivity index (χ1n) is 3.22. The average Bonchev–Trinajstić information content (AvgIpc) is 2.14. The van der Waals surface area contributed by atoms with Crippen molar-refractivity contribution in [3.8, 4) is 0 Å². The summed E-state index contributed by atoms with van der Waals surface area (Å²) in [5.74, 6) is -0.899.